The van der Waals surface area contributed by atoms with E-state index in [4.69, 9.17) is 4.99 Å². The number of hydrogen-bond donors (Lipinski definition) is 0. The van der Waals surface area contributed by atoms with Crippen LogP contribution in [0.5, 0.6) is 0 Å². The number of aliphatic imine (C=N–C) groups is 1. The van der Waals surface area contributed by atoms with Crippen molar-refractivity contribution in [2.75, 3.05) is 26.2 Å². The van der Waals surface area contributed by atoms with Gasteiger partial charge >= 0.3 is 0 Å². The molecule has 0 spiro atoms. The Labute approximate surface area is 201 Å². The summed E-state index contributed by atoms with van der Waals surface area (Å²) in [6, 6.07) is 18.8. The van der Waals surface area contributed by atoms with Crippen molar-refractivity contribution < 1.29 is 10.3 Å². The molecule has 3 aliphatic heterocycles. The third kappa shape index (κ3) is 4.84. The molecule has 172 valence electrons. The SMILES string of the molecule is Cc1ccccc1CN1C(=O)C2=C(CCN(Cc3ccccc3)C2)N2CCN=C12.Cl.Cl.O. The van der Waals surface area contributed by atoms with Crippen molar-refractivity contribution in [1.29, 1.82) is 0 Å². The van der Waals surface area contributed by atoms with Crippen molar-refractivity contribution in [3.63, 3.8) is 0 Å². The minimum atomic E-state index is 0. The van der Waals surface area contributed by atoms with Gasteiger partial charge < -0.3 is 10.4 Å². The summed E-state index contributed by atoms with van der Waals surface area (Å²) in [5, 5.41) is 0. The van der Waals surface area contributed by atoms with E-state index in [1.165, 1.54) is 22.4 Å². The Morgan fingerprint density at radius 1 is 0.938 bits per heavy atom. The number of rotatable bonds is 4. The summed E-state index contributed by atoms with van der Waals surface area (Å²) in [6.07, 6.45) is 0.908. The molecule has 0 aromatic heterocycles. The average molecular weight is 477 g/mol. The molecule has 0 aliphatic carbocycles. The Hall–Kier alpha value is -2.38. The lowest BCUT2D eigenvalue weighted by atomic mass is 9.99. The predicted molar refractivity (Wildman–Crippen MR) is 132 cm³/mol. The third-order valence-electron chi connectivity index (χ3n) is 6.12. The van der Waals surface area contributed by atoms with Gasteiger partial charge in [0.2, 0.25) is 5.96 Å². The van der Waals surface area contributed by atoms with Gasteiger partial charge in [0.15, 0.2) is 0 Å². The van der Waals surface area contributed by atoms with Gasteiger partial charge in [0, 0.05) is 38.3 Å². The van der Waals surface area contributed by atoms with Crippen LogP contribution in [0.15, 0.2) is 70.9 Å². The lowest BCUT2D eigenvalue weighted by Gasteiger charge is -2.42. The molecule has 0 atom stereocenters. The minimum absolute atomic E-state index is 0. The summed E-state index contributed by atoms with van der Waals surface area (Å²) in [7, 11) is 0. The van der Waals surface area contributed by atoms with Gasteiger partial charge in [-0.15, -0.1) is 24.8 Å². The zero-order valence-electron chi connectivity index (χ0n) is 18.2. The predicted octanol–water partition coefficient (Wildman–Crippen LogP) is 3.19. The summed E-state index contributed by atoms with van der Waals surface area (Å²) >= 11 is 0. The molecule has 2 N–H and O–H groups in total. The second-order valence-corrected chi connectivity index (χ2v) is 8.02. The fourth-order valence-electron chi connectivity index (χ4n) is 4.55. The van der Waals surface area contributed by atoms with Crippen molar-refractivity contribution in [3.05, 3.63) is 82.6 Å². The Morgan fingerprint density at radius 3 is 2.41 bits per heavy atom. The minimum Gasteiger partial charge on any atom is -0.412 e. The van der Waals surface area contributed by atoms with Crippen LogP contribution in [0, 0.1) is 6.92 Å². The van der Waals surface area contributed by atoms with Gasteiger partial charge in [-0.05, 0) is 23.6 Å². The Balaban J connectivity index is 0.00000121. The maximum absolute atomic E-state index is 13.5. The van der Waals surface area contributed by atoms with Crippen LogP contribution in [-0.2, 0) is 17.9 Å². The smallest absolute Gasteiger partial charge is 0.259 e. The van der Waals surface area contributed by atoms with Crippen LogP contribution in [0.4, 0.5) is 0 Å². The van der Waals surface area contributed by atoms with E-state index >= 15 is 0 Å². The summed E-state index contributed by atoms with van der Waals surface area (Å²) < 4.78 is 0. The molecule has 6 nitrogen and oxygen atoms in total. The van der Waals surface area contributed by atoms with Crippen LogP contribution >= 0.6 is 24.8 Å². The molecule has 0 saturated carbocycles. The molecule has 3 heterocycles. The average Bonchev–Trinajstić information content (AvgIpc) is 3.23. The van der Waals surface area contributed by atoms with Crippen LogP contribution in [0.2, 0.25) is 0 Å². The standard InChI is InChI=1S/C24H26N4O.2ClH.H2O/c1-18-7-5-6-10-20(18)16-28-23(29)21-17-26(15-19-8-3-2-4-9-19)13-11-22(21)27-14-12-25-24(27)28;;;/h2-10H,11-17H2,1H3;2*1H;1H2. The number of carbonyl (C=O) groups is 1. The first-order valence-electron chi connectivity index (χ1n) is 10.4. The molecule has 0 fully saturated rings. The Morgan fingerprint density at radius 2 is 1.66 bits per heavy atom. The van der Waals surface area contributed by atoms with Gasteiger partial charge in [-0.1, -0.05) is 54.6 Å². The van der Waals surface area contributed by atoms with Gasteiger partial charge in [0.05, 0.1) is 18.7 Å². The maximum atomic E-state index is 13.5. The van der Waals surface area contributed by atoms with Crippen LogP contribution in [0.3, 0.4) is 0 Å². The molecule has 0 radical (unpaired) electrons. The number of halogens is 2. The van der Waals surface area contributed by atoms with E-state index in [9.17, 15) is 4.79 Å². The van der Waals surface area contributed by atoms with Crippen molar-refractivity contribution in [2.24, 2.45) is 4.99 Å². The molecule has 8 heteroatoms. The first-order chi connectivity index (χ1) is 14.2. The fourth-order valence-corrected chi connectivity index (χ4v) is 4.55. The third-order valence-corrected chi connectivity index (χ3v) is 6.12. The van der Waals surface area contributed by atoms with Crippen LogP contribution in [-0.4, -0.2) is 58.2 Å². The molecule has 2 aromatic rings. The van der Waals surface area contributed by atoms with E-state index in [0.29, 0.717) is 13.1 Å². The maximum Gasteiger partial charge on any atom is 0.259 e. The number of carbonyl (C=O) groups excluding carboxylic acids is 1. The van der Waals surface area contributed by atoms with Gasteiger partial charge in [0.1, 0.15) is 0 Å². The van der Waals surface area contributed by atoms with E-state index < -0.39 is 0 Å². The van der Waals surface area contributed by atoms with Crippen molar-refractivity contribution in [3.8, 4) is 0 Å². The molecular weight excluding hydrogens is 447 g/mol. The van der Waals surface area contributed by atoms with E-state index in [-0.39, 0.29) is 36.2 Å². The van der Waals surface area contributed by atoms with E-state index in [0.717, 1.165) is 44.1 Å². The number of aryl methyl sites for hydroxylation is 1. The zero-order chi connectivity index (χ0) is 19.8. The Kier molecular flexibility index (Phi) is 8.87. The summed E-state index contributed by atoms with van der Waals surface area (Å²) in [6.45, 7) is 6.88. The van der Waals surface area contributed by atoms with Gasteiger partial charge in [-0.3, -0.25) is 19.6 Å². The molecule has 0 bridgehead atoms. The zero-order valence-corrected chi connectivity index (χ0v) is 19.8. The molecule has 3 aliphatic rings. The van der Waals surface area contributed by atoms with E-state index in [1.54, 1.807) is 0 Å². The lowest BCUT2D eigenvalue weighted by Crippen LogP contribution is -2.53. The van der Waals surface area contributed by atoms with Crippen molar-refractivity contribution >= 4 is 36.7 Å². The largest absolute Gasteiger partial charge is 0.412 e. The van der Waals surface area contributed by atoms with E-state index in [2.05, 4.69) is 53.1 Å². The van der Waals surface area contributed by atoms with E-state index in [1.807, 2.05) is 23.1 Å². The summed E-state index contributed by atoms with van der Waals surface area (Å²) in [5.74, 6) is 0.964. The number of guanidine groups is 1. The molecule has 0 saturated heterocycles. The van der Waals surface area contributed by atoms with Gasteiger partial charge in [-0.2, -0.15) is 0 Å². The van der Waals surface area contributed by atoms with Crippen molar-refractivity contribution in [2.45, 2.75) is 26.4 Å². The van der Waals surface area contributed by atoms with Gasteiger partial charge in [0.25, 0.3) is 5.91 Å². The number of amides is 1. The summed E-state index contributed by atoms with van der Waals surface area (Å²) in [5.41, 5.74) is 5.81. The molecule has 5 rings (SSSR count). The van der Waals surface area contributed by atoms with Crippen LogP contribution < -0.4 is 0 Å². The number of nitrogens with zero attached hydrogens (tertiary/aromatic N) is 4. The highest BCUT2D eigenvalue weighted by molar-refractivity contribution is 6.09. The monoisotopic (exact) mass is 476 g/mol. The normalized spacial score (nSPS) is 17.5. The Bertz CT molecular complexity index is 1010. The fraction of sp³-hybridized carbons (Fsp3) is 0.333. The van der Waals surface area contributed by atoms with Crippen LogP contribution in [0.1, 0.15) is 23.1 Å². The quantitative estimate of drug-likeness (QED) is 0.679. The second-order valence-electron chi connectivity index (χ2n) is 8.02. The molecule has 1 amide bonds. The summed E-state index contributed by atoms with van der Waals surface area (Å²) in [4.78, 5) is 24.8. The van der Waals surface area contributed by atoms with Gasteiger partial charge in [-0.25, -0.2) is 0 Å². The molecule has 0 unspecified atom stereocenters. The first kappa shape index (κ1) is 25.9. The number of hydrogen-bond acceptors (Lipinski definition) is 4. The highest BCUT2D eigenvalue weighted by Crippen LogP contribution is 2.32. The molecular formula is C24H30Cl2N4O2. The lowest BCUT2D eigenvalue weighted by molar-refractivity contribution is -0.125. The topological polar surface area (TPSA) is 70.7 Å². The first-order valence-corrected chi connectivity index (χ1v) is 10.4. The number of benzene rings is 2. The highest BCUT2D eigenvalue weighted by atomic mass is 35.5. The van der Waals surface area contributed by atoms with Crippen LogP contribution in [0.25, 0.3) is 0 Å². The number of fused-ring (bicyclic) bond motifs is 2. The second kappa shape index (κ2) is 11.0. The molecule has 32 heavy (non-hydrogen) atoms. The van der Waals surface area contributed by atoms with Crippen molar-refractivity contribution in [1.82, 2.24) is 14.7 Å². The highest BCUT2D eigenvalue weighted by Gasteiger charge is 2.40. The molecule has 2 aromatic carbocycles.